The highest BCUT2D eigenvalue weighted by Crippen LogP contribution is 2.20. The molecule has 0 aliphatic rings. The van der Waals surface area contributed by atoms with Crippen LogP contribution in [0.25, 0.3) is 0 Å². The summed E-state index contributed by atoms with van der Waals surface area (Å²) in [5, 5.41) is 7.51. The molecule has 1 rings (SSSR count). The first-order valence-electron chi connectivity index (χ1n) is 5.00. The first-order chi connectivity index (χ1) is 7.00. The maximum atomic E-state index is 11.5. The van der Waals surface area contributed by atoms with Gasteiger partial charge in [0.25, 0.3) is 0 Å². The van der Waals surface area contributed by atoms with Crippen LogP contribution >= 0.6 is 11.3 Å². The van der Waals surface area contributed by atoms with Gasteiger partial charge in [-0.2, -0.15) is 0 Å². The molecule has 0 saturated carbocycles. The fourth-order valence-electron chi connectivity index (χ4n) is 1.27. The Morgan fingerprint density at radius 1 is 1.53 bits per heavy atom. The number of rotatable bonds is 4. The van der Waals surface area contributed by atoms with Crippen LogP contribution in [0.15, 0.2) is 10.8 Å². The molecule has 4 heteroatoms. The molecule has 0 radical (unpaired) electrons. The fraction of sp³-hybridized carbons (Fsp3) is 0.545. The molecule has 1 unspecified atom stereocenters. The van der Waals surface area contributed by atoms with Gasteiger partial charge in [-0.25, -0.2) is 0 Å². The van der Waals surface area contributed by atoms with E-state index < -0.39 is 0 Å². The molecule has 0 fully saturated rings. The zero-order valence-corrected chi connectivity index (χ0v) is 10.5. The van der Waals surface area contributed by atoms with E-state index >= 15 is 0 Å². The number of carbonyl (C=O) groups is 1. The van der Waals surface area contributed by atoms with Crippen molar-refractivity contribution >= 4 is 22.9 Å². The molecule has 0 bridgehead atoms. The zero-order chi connectivity index (χ0) is 11.4. The molecule has 1 heterocycles. The molecule has 0 saturated heterocycles. The van der Waals surface area contributed by atoms with Crippen molar-refractivity contribution < 1.29 is 4.79 Å². The predicted molar refractivity (Wildman–Crippen MR) is 65.5 cm³/mol. The van der Waals surface area contributed by atoms with Gasteiger partial charge in [-0.05, 0) is 24.8 Å². The topological polar surface area (TPSA) is 32.3 Å². The van der Waals surface area contributed by atoms with Crippen LogP contribution in [0, 0.1) is 6.92 Å². The van der Waals surface area contributed by atoms with Crippen LogP contribution in [0.5, 0.6) is 0 Å². The molecule has 1 atom stereocenters. The highest BCUT2D eigenvalue weighted by molar-refractivity contribution is 7.08. The normalized spacial score (nSPS) is 12.3. The molecule has 84 valence electrons. The summed E-state index contributed by atoms with van der Waals surface area (Å²) in [4.78, 5) is 13.1. The Balaban J connectivity index is 2.46. The van der Waals surface area contributed by atoms with E-state index in [0.29, 0.717) is 6.42 Å². The van der Waals surface area contributed by atoms with Gasteiger partial charge in [-0.1, -0.05) is 0 Å². The SMILES string of the molecule is Cc1cscc1NC(C)CC(=O)N(C)C. The number of amides is 1. The summed E-state index contributed by atoms with van der Waals surface area (Å²) in [7, 11) is 3.57. The van der Waals surface area contributed by atoms with Crippen molar-refractivity contribution in [3.63, 3.8) is 0 Å². The molecular weight excluding hydrogens is 208 g/mol. The highest BCUT2D eigenvalue weighted by Gasteiger charge is 2.11. The van der Waals surface area contributed by atoms with Gasteiger partial charge in [0.2, 0.25) is 5.91 Å². The second kappa shape index (κ2) is 5.16. The summed E-state index contributed by atoms with van der Waals surface area (Å²) in [6, 6.07) is 0.174. The van der Waals surface area contributed by atoms with Gasteiger partial charge in [0.1, 0.15) is 0 Å². The zero-order valence-electron chi connectivity index (χ0n) is 9.70. The van der Waals surface area contributed by atoms with E-state index in [4.69, 9.17) is 0 Å². The van der Waals surface area contributed by atoms with Gasteiger partial charge < -0.3 is 10.2 Å². The number of carbonyl (C=O) groups excluding carboxylic acids is 1. The smallest absolute Gasteiger partial charge is 0.224 e. The number of thiophene rings is 1. The number of nitrogens with one attached hydrogen (secondary N) is 1. The lowest BCUT2D eigenvalue weighted by atomic mass is 10.2. The van der Waals surface area contributed by atoms with Crippen LogP contribution in [0.1, 0.15) is 18.9 Å². The molecule has 1 N–H and O–H groups in total. The highest BCUT2D eigenvalue weighted by atomic mass is 32.1. The van der Waals surface area contributed by atoms with Crippen molar-refractivity contribution in [2.75, 3.05) is 19.4 Å². The second-order valence-corrected chi connectivity index (χ2v) is 4.75. The molecule has 0 aliphatic carbocycles. The lowest BCUT2D eigenvalue weighted by Crippen LogP contribution is -2.28. The van der Waals surface area contributed by atoms with E-state index in [1.54, 1.807) is 30.3 Å². The predicted octanol–water partition coefficient (Wildman–Crippen LogP) is 2.34. The summed E-state index contributed by atoms with van der Waals surface area (Å²) < 4.78 is 0. The van der Waals surface area contributed by atoms with Crippen LogP contribution in [-0.4, -0.2) is 30.9 Å². The molecule has 0 aromatic carbocycles. The average Bonchev–Trinajstić information content (AvgIpc) is 2.51. The molecule has 3 nitrogen and oxygen atoms in total. The number of anilines is 1. The lowest BCUT2D eigenvalue weighted by molar-refractivity contribution is -0.128. The summed E-state index contributed by atoms with van der Waals surface area (Å²) in [6.45, 7) is 4.10. The van der Waals surface area contributed by atoms with E-state index in [-0.39, 0.29) is 11.9 Å². The molecule has 1 amide bonds. The maximum Gasteiger partial charge on any atom is 0.224 e. The molecule has 1 aromatic heterocycles. The number of nitrogens with zero attached hydrogens (tertiary/aromatic N) is 1. The Morgan fingerprint density at radius 2 is 2.20 bits per heavy atom. The van der Waals surface area contributed by atoms with E-state index in [0.717, 1.165) is 5.69 Å². The fourth-order valence-corrected chi connectivity index (χ4v) is 2.06. The van der Waals surface area contributed by atoms with Crippen molar-refractivity contribution in [1.82, 2.24) is 4.90 Å². The number of hydrogen-bond acceptors (Lipinski definition) is 3. The summed E-state index contributed by atoms with van der Waals surface area (Å²) in [6.07, 6.45) is 0.530. The summed E-state index contributed by atoms with van der Waals surface area (Å²) >= 11 is 1.68. The molecular formula is C11H18N2OS. The maximum absolute atomic E-state index is 11.5. The lowest BCUT2D eigenvalue weighted by Gasteiger charge is -2.17. The Labute approximate surface area is 95.1 Å². The van der Waals surface area contributed by atoms with Gasteiger partial charge in [0, 0.05) is 37.6 Å². The van der Waals surface area contributed by atoms with Crippen molar-refractivity contribution in [2.24, 2.45) is 0 Å². The van der Waals surface area contributed by atoms with Crippen molar-refractivity contribution in [1.29, 1.82) is 0 Å². The molecule has 0 aliphatic heterocycles. The Bertz CT molecular complexity index is 333. The van der Waals surface area contributed by atoms with Gasteiger partial charge in [-0.3, -0.25) is 4.79 Å². The van der Waals surface area contributed by atoms with E-state index in [1.165, 1.54) is 5.56 Å². The first kappa shape index (κ1) is 12.0. The monoisotopic (exact) mass is 226 g/mol. The largest absolute Gasteiger partial charge is 0.381 e. The van der Waals surface area contributed by atoms with E-state index in [2.05, 4.69) is 23.0 Å². The third-order valence-corrected chi connectivity index (χ3v) is 3.10. The van der Waals surface area contributed by atoms with Crippen LogP contribution in [-0.2, 0) is 4.79 Å². The minimum Gasteiger partial charge on any atom is -0.381 e. The third-order valence-electron chi connectivity index (χ3n) is 2.24. The van der Waals surface area contributed by atoms with Gasteiger partial charge in [-0.15, -0.1) is 11.3 Å². The van der Waals surface area contributed by atoms with Crippen LogP contribution in [0.2, 0.25) is 0 Å². The quantitative estimate of drug-likeness (QED) is 0.854. The molecule has 1 aromatic rings. The van der Waals surface area contributed by atoms with Crippen molar-refractivity contribution in [3.05, 3.63) is 16.3 Å². The standard InChI is InChI=1S/C11H18N2OS/c1-8-6-15-7-10(8)12-9(2)5-11(14)13(3)4/h6-7,9,12H,5H2,1-4H3. The van der Waals surface area contributed by atoms with Gasteiger partial charge >= 0.3 is 0 Å². The second-order valence-electron chi connectivity index (χ2n) is 4.01. The average molecular weight is 226 g/mol. The first-order valence-corrected chi connectivity index (χ1v) is 5.94. The van der Waals surface area contributed by atoms with Gasteiger partial charge in [0.15, 0.2) is 0 Å². The number of aryl methyl sites for hydroxylation is 1. The Hall–Kier alpha value is -1.03. The van der Waals surface area contributed by atoms with Crippen LogP contribution in [0.3, 0.4) is 0 Å². The summed E-state index contributed by atoms with van der Waals surface area (Å²) in [5.41, 5.74) is 2.38. The van der Waals surface area contributed by atoms with Crippen LogP contribution in [0.4, 0.5) is 5.69 Å². The van der Waals surface area contributed by atoms with Crippen molar-refractivity contribution in [2.45, 2.75) is 26.3 Å². The van der Waals surface area contributed by atoms with Crippen molar-refractivity contribution in [3.8, 4) is 0 Å². The van der Waals surface area contributed by atoms with Gasteiger partial charge in [0.05, 0.1) is 0 Å². The van der Waals surface area contributed by atoms with E-state index in [1.807, 2.05) is 6.92 Å². The Kier molecular flexibility index (Phi) is 4.15. The third kappa shape index (κ3) is 3.55. The van der Waals surface area contributed by atoms with E-state index in [9.17, 15) is 4.79 Å². The summed E-state index contributed by atoms with van der Waals surface area (Å²) in [5.74, 6) is 0.155. The molecule has 15 heavy (non-hydrogen) atoms. The Morgan fingerprint density at radius 3 is 2.67 bits per heavy atom. The van der Waals surface area contributed by atoms with Crippen LogP contribution < -0.4 is 5.32 Å². The minimum atomic E-state index is 0.155. The minimum absolute atomic E-state index is 0.155. The molecule has 0 spiro atoms. The number of hydrogen-bond donors (Lipinski definition) is 1.